The number of halogens is 1. The van der Waals surface area contributed by atoms with Gasteiger partial charge in [-0.2, -0.15) is 0 Å². The molecule has 1 aliphatic rings. The molecular formula is C10H9BrN2O2. The van der Waals surface area contributed by atoms with E-state index in [1.54, 1.807) is 18.2 Å². The number of imide groups is 1. The molecule has 1 fully saturated rings. The highest BCUT2D eigenvalue weighted by Gasteiger charge is 2.30. The van der Waals surface area contributed by atoms with Crippen LogP contribution in [-0.2, 0) is 9.59 Å². The van der Waals surface area contributed by atoms with Crippen molar-refractivity contribution >= 4 is 39.1 Å². The van der Waals surface area contributed by atoms with Crippen LogP contribution >= 0.6 is 15.9 Å². The highest BCUT2D eigenvalue weighted by atomic mass is 79.9. The first kappa shape index (κ1) is 10.2. The maximum absolute atomic E-state index is 11.4. The van der Waals surface area contributed by atoms with Crippen molar-refractivity contribution in [2.75, 3.05) is 10.6 Å². The summed E-state index contributed by atoms with van der Waals surface area (Å²) in [5, 5.41) is 0. The van der Waals surface area contributed by atoms with Gasteiger partial charge in [-0.05, 0) is 34.1 Å². The third-order valence-corrected chi connectivity index (χ3v) is 3.01. The van der Waals surface area contributed by atoms with Crippen molar-refractivity contribution in [1.29, 1.82) is 0 Å². The maximum Gasteiger partial charge on any atom is 0.234 e. The summed E-state index contributed by atoms with van der Waals surface area (Å²) in [5.74, 6) is -0.330. The predicted octanol–water partition coefficient (Wildman–Crippen LogP) is 1.68. The van der Waals surface area contributed by atoms with E-state index in [0.29, 0.717) is 11.4 Å². The summed E-state index contributed by atoms with van der Waals surface area (Å²) >= 11 is 3.25. The van der Waals surface area contributed by atoms with Gasteiger partial charge in [-0.3, -0.25) is 14.5 Å². The molecule has 1 aliphatic heterocycles. The fourth-order valence-electron chi connectivity index (χ4n) is 1.53. The number of hydrogen-bond acceptors (Lipinski definition) is 3. The average Bonchev–Trinajstić information content (AvgIpc) is 2.52. The van der Waals surface area contributed by atoms with Gasteiger partial charge >= 0.3 is 0 Å². The topological polar surface area (TPSA) is 63.4 Å². The van der Waals surface area contributed by atoms with Crippen molar-refractivity contribution in [3.05, 3.63) is 22.7 Å². The van der Waals surface area contributed by atoms with Crippen LogP contribution in [0.4, 0.5) is 11.4 Å². The minimum absolute atomic E-state index is 0.165. The number of carbonyl (C=O) groups excluding carboxylic acids is 2. The number of nitrogens with zero attached hydrogens (tertiary/aromatic N) is 1. The molecule has 1 heterocycles. The molecule has 1 aromatic carbocycles. The quantitative estimate of drug-likeness (QED) is 0.623. The van der Waals surface area contributed by atoms with Crippen LogP contribution in [0.5, 0.6) is 0 Å². The summed E-state index contributed by atoms with van der Waals surface area (Å²) in [7, 11) is 0. The summed E-state index contributed by atoms with van der Waals surface area (Å²) in [6.07, 6.45) is 0.573. The number of rotatable bonds is 1. The largest absolute Gasteiger partial charge is 0.398 e. The summed E-state index contributed by atoms with van der Waals surface area (Å²) < 4.78 is 0.755. The summed E-state index contributed by atoms with van der Waals surface area (Å²) in [4.78, 5) is 24.1. The van der Waals surface area contributed by atoms with Crippen LogP contribution < -0.4 is 10.6 Å². The van der Waals surface area contributed by atoms with Crippen LogP contribution in [0.3, 0.4) is 0 Å². The molecule has 0 aliphatic carbocycles. The molecule has 2 amide bonds. The fourth-order valence-corrected chi connectivity index (χ4v) is 1.78. The van der Waals surface area contributed by atoms with E-state index in [0.717, 1.165) is 4.47 Å². The third-order valence-electron chi connectivity index (χ3n) is 2.29. The normalized spacial score (nSPS) is 16.2. The Labute approximate surface area is 95.2 Å². The van der Waals surface area contributed by atoms with E-state index >= 15 is 0 Å². The van der Waals surface area contributed by atoms with Crippen LogP contribution in [0.15, 0.2) is 22.7 Å². The molecule has 0 radical (unpaired) electrons. The molecule has 0 spiro atoms. The average molecular weight is 269 g/mol. The Bertz CT molecular complexity index is 429. The molecule has 15 heavy (non-hydrogen) atoms. The fraction of sp³-hybridized carbons (Fsp3) is 0.200. The van der Waals surface area contributed by atoms with Gasteiger partial charge < -0.3 is 5.73 Å². The number of amides is 2. The second kappa shape index (κ2) is 3.66. The Balaban J connectivity index is 2.41. The molecule has 0 bridgehead atoms. The van der Waals surface area contributed by atoms with Crippen LogP contribution in [0.2, 0.25) is 0 Å². The highest BCUT2D eigenvalue weighted by Crippen LogP contribution is 2.28. The zero-order valence-corrected chi connectivity index (χ0v) is 9.45. The Morgan fingerprint density at radius 3 is 2.33 bits per heavy atom. The molecule has 0 atom stereocenters. The van der Waals surface area contributed by atoms with Gasteiger partial charge in [0.15, 0.2) is 0 Å². The van der Waals surface area contributed by atoms with Crippen molar-refractivity contribution in [2.45, 2.75) is 12.8 Å². The Morgan fingerprint density at radius 2 is 1.80 bits per heavy atom. The van der Waals surface area contributed by atoms with Crippen molar-refractivity contribution in [3.8, 4) is 0 Å². The number of nitrogen functional groups attached to an aromatic ring is 1. The van der Waals surface area contributed by atoms with E-state index in [1.165, 1.54) is 4.90 Å². The molecule has 0 aromatic heterocycles. The lowest BCUT2D eigenvalue weighted by atomic mass is 10.2. The highest BCUT2D eigenvalue weighted by molar-refractivity contribution is 9.10. The number of benzene rings is 1. The molecule has 1 saturated heterocycles. The van der Waals surface area contributed by atoms with E-state index in [1.807, 2.05) is 0 Å². The minimum atomic E-state index is -0.165. The van der Waals surface area contributed by atoms with E-state index in [2.05, 4.69) is 15.9 Å². The summed E-state index contributed by atoms with van der Waals surface area (Å²) in [6, 6.07) is 5.04. The standard InChI is InChI=1S/C10H9BrN2O2/c11-7-2-1-6(5-8(7)12)13-9(14)3-4-10(13)15/h1-2,5H,3-4,12H2. The van der Waals surface area contributed by atoms with Gasteiger partial charge in [0.2, 0.25) is 11.8 Å². The first-order valence-electron chi connectivity index (χ1n) is 4.50. The monoisotopic (exact) mass is 268 g/mol. The molecule has 2 rings (SSSR count). The van der Waals surface area contributed by atoms with E-state index in [9.17, 15) is 9.59 Å². The minimum Gasteiger partial charge on any atom is -0.398 e. The zero-order chi connectivity index (χ0) is 11.0. The first-order chi connectivity index (χ1) is 7.09. The Hall–Kier alpha value is -1.36. The number of carbonyl (C=O) groups is 2. The third kappa shape index (κ3) is 1.74. The van der Waals surface area contributed by atoms with E-state index in [4.69, 9.17) is 5.73 Å². The van der Waals surface area contributed by atoms with Gasteiger partial charge in [-0.25, -0.2) is 0 Å². The number of hydrogen-bond donors (Lipinski definition) is 1. The van der Waals surface area contributed by atoms with Gasteiger partial charge in [0.25, 0.3) is 0 Å². The van der Waals surface area contributed by atoms with Crippen molar-refractivity contribution in [2.24, 2.45) is 0 Å². The van der Waals surface area contributed by atoms with Gasteiger partial charge in [-0.15, -0.1) is 0 Å². The molecule has 0 unspecified atom stereocenters. The lowest BCUT2D eigenvalue weighted by Gasteiger charge is -2.14. The van der Waals surface area contributed by atoms with Gasteiger partial charge in [0, 0.05) is 23.0 Å². The van der Waals surface area contributed by atoms with Crippen molar-refractivity contribution in [3.63, 3.8) is 0 Å². The maximum atomic E-state index is 11.4. The van der Waals surface area contributed by atoms with Gasteiger partial charge in [0.1, 0.15) is 0 Å². The molecule has 5 heteroatoms. The molecule has 4 nitrogen and oxygen atoms in total. The molecule has 2 N–H and O–H groups in total. The lowest BCUT2D eigenvalue weighted by molar-refractivity contribution is -0.121. The number of nitrogens with two attached hydrogens (primary N) is 1. The lowest BCUT2D eigenvalue weighted by Crippen LogP contribution is -2.28. The van der Waals surface area contributed by atoms with Crippen LogP contribution in [0.1, 0.15) is 12.8 Å². The molecule has 1 aromatic rings. The smallest absolute Gasteiger partial charge is 0.234 e. The molecule has 0 saturated carbocycles. The molecule has 78 valence electrons. The predicted molar refractivity (Wildman–Crippen MR) is 60.3 cm³/mol. The second-order valence-corrected chi connectivity index (χ2v) is 4.18. The zero-order valence-electron chi connectivity index (χ0n) is 7.87. The van der Waals surface area contributed by atoms with E-state index < -0.39 is 0 Å². The summed E-state index contributed by atoms with van der Waals surface area (Å²) in [5.41, 5.74) is 6.74. The van der Waals surface area contributed by atoms with Gasteiger partial charge in [0.05, 0.1) is 5.69 Å². The van der Waals surface area contributed by atoms with Crippen LogP contribution in [0, 0.1) is 0 Å². The van der Waals surface area contributed by atoms with Crippen molar-refractivity contribution in [1.82, 2.24) is 0 Å². The van der Waals surface area contributed by atoms with E-state index in [-0.39, 0.29) is 24.7 Å². The Kier molecular flexibility index (Phi) is 2.48. The molecular weight excluding hydrogens is 260 g/mol. The van der Waals surface area contributed by atoms with Crippen molar-refractivity contribution < 1.29 is 9.59 Å². The second-order valence-electron chi connectivity index (χ2n) is 3.33. The van der Waals surface area contributed by atoms with Gasteiger partial charge in [-0.1, -0.05) is 0 Å². The SMILES string of the molecule is Nc1cc(N2C(=O)CCC2=O)ccc1Br. The summed E-state index contributed by atoms with van der Waals surface area (Å²) in [6.45, 7) is 0. The van der Waals surface area contributed by atoms with Crippen LogP contribution in [-0.4, -0.2) is 11.8 Å². The van der Waals surface area contributed by atoms with Crippen LogP contribution in [0.25, 0.3) is 0 Å². The number of anilines is 2. The Morgan fingerprint density at radius 1 is 1.20 bits per heavy atom. The first-order valence-corrected chi connectivity index (χ1v) is 5.29.